The summed E-state index contributed by atoms with van der Waals surface area (Å²) >= 11 is 0. The van der Waals surface area contributed by atoms with Crippen LogP contribution >= 0.6 is 0 Å². The predicted octanol–water partition coefficient (Wildman–Crippen LogP) is 2.73. The van der Waals surface area contributed by atoms with Crippen molar-refractivity contribution in [1.29, 1.82) is 0 Å². The summed E-state index contributed by atoms with van der Waals surface area (Å²) < 4.78 is 15.1. The van der Waals surface area contributed by atoms with E-state index in [0.29, 0.717) is 26.4 Å². The molecule has 0 aliphatic heterocycles. The smallest absolute Gasteiger partial charge is 0.330 e. The maximum atomic E-state index is 11.3. The number of ether oxygens (including phenoxy) is 3. The van der Waals surface area contributed by atoms with Crippen LogP contribution in [0.3, 0.4) is 0 Å². The van der Waals surface area contributed by atoms with Gasteiger partial charge in [0.2, 0.25) is 0 Å². The lowest BCUT2D eigenvalue weighted by Crippen LogP contribution is -2.08. The summed E-state index contributed by atoms with van der Waals surface area (Å²) in [6, 6.07) is 7.58. The second-order valence-electron chi connectivity index (χ2n) is 4.39. The first-order valence-corrected chi connectivity index (χ1v) is 7.33. The van der Waals surface area contributed by atoms with Crippen molar-refractivity contribution in [3.8, 4) is 0 Å². The second-order valence-corrected chi connectivity index (χ2v) is 4.39. The molecule has 0 aromatic heterocycles. The number of hydrogen-bond donors (Lipinski definition) is 0. The Morgan fingerprint density at radius 3 is 2.55 bits per heavy atom. The molecule has 0 atom stereocenters. The molecule has 0 aliphatic carbocycles. The summed E-state index contributed by atoms with van der Waals surface area (Å²) in [7, 11) is 0. The van der Waals surface area contributed by atoms with Crippen molar-refractivity contribution < 1.29 is 23.8 Å². The zero-order valence-electron chi connectivity index (χ0n) is 13.0. The number of rotatable bonds is 9. The van der Waals surface area contributed by atoms with Crippen LogP contribution in [0.25, 0.3) is 6.08 Å². The average molecular weight is 306 g/mol. The summed E-state index contributed by atoms with van der Waals surface area (Å²) in [6.07, 6.45) is 3.32. The molecule has 0 saturated carbocycles. The second kappa shape index (κ2) is 10.6. The van der Waals surface area contributed by atoms with E-state index in [4.69, 9.17) is 14.2 Å². The molecule has 5 nitrogen and oxygen atoms in total. The van der Waals surface area contributed by atoms with Crippen molar-refractivity contribution in [2.45, 2.75) is 26.9 Å². The first-order valence-electron chi connectivity index (χ1n) is 7.33. The van der Waals surface area contributed by atoms with Gasteiger partial charge in [-0.05, 0) is 31.1 Å². The maximum Gasteiger partial charge on any atom is 0.330 e. The van der Waals surface area contributed by atoms with Gasteiger partial charge in [0.15, 0.2) is 0 Å². The molecule has 0 fully saturated rings. The highest BCUT2D eigenvalue weighted by molar-refractivity contribution is 5.87. The van der Waals surface area contributed by atoms with Crippen LogP contribution in [-0.2, 0) is 30.4 Å². The topological polar surface area (TPSA) is 61.8 Å². The van der Waals surface area contributed by atoms with E-state index in [0.717, 1.165) is 11.1 Å². The summed E-state index contributed by atoms with van der Waals surface area (Å²) in [4.78, 5) is 22.5. The maximum absolute atomic E-state index is 11.3. The first-order chi connectivity index (χ1) is 10.7. The van der Waals surface area contributed by atoms with Crippen LogP contribution in [-0.4, -0.2) is 31.8 Å². The van der Waals surface area contributed by atoms with Crippen molar-refractivity contribution in [2.24, 2.45) is 0 Å². The molecule has 0 N–H and O–H groups in total. The number of hydrogen-bond acceptors (Lipinski definition) is 5. The molecule has 5 heteroatoms. The van der Waals surface area contributed by atoms with Crippen molar-refractivity contribution in [3.63, 3.8) is 0 Å². The van der Waals surface area contributed by atoms with Crippen molar-refractivity contribution in [1.82, 2.24) is 0 Å². The number of benzene rings is 1. The SMILES string of the molecule is CCOC(=O)/C=C/c1ccccc1COCCC(=O)OCC. The zero-order valence-corrected chi connectivity index (χ0v) is 13.0. The van der Waals surface area contributed by atoms with Gasteiger partial charge in [0.1, 0.15) is 0 Å². The third-order valence-electron chi connectivity index (χ3n) is 2.75. The van der Waals surface area contributed by atoms with E-state index in [2.05, 4.69) is 0 Å². The lowest BCUT2D eigenvalue weighted by atomic mass is 10.1. The van der Waals surface area contributed by atoms with Crippen LogP contribution in [0.5, 0.6) is 0 Å². The van der Waals surface area contributed by atoms with Crippen LogP contribution in [0, 0.1) is 0 Å². The van der Waals surface area contributed by atoms with Gasteiger partial charge in [-0.25, -0.2) is 4.79 Å². The normalized spacial score (nSPS) is 10.6. The molecule has 0 amide bonds. The fourth-order valence-electron chi connectivity index (χ4n) is 1.75. The van der Waals surface area contributed by atoms with Crippen molar-refractivity contribution in [2.75, 3.05) is 19.8 Å². The number of carbonyl (C=O) groups excluding carboxylic acids is 2. The van der Waals surface area contributed by atoms with Gasteiger partial charge in [0, 0.05) is 6.08 Å². The molecule has 1 rings (SSSR count). The number of carbonyl (C=O) groups is 2. The fourth-order valence-corrected chi connectivity index (χ4v) is 1.75. The Bertz CT molecular complexity index is 508. The van der Waals surface area contributed by atoms with Gasteiger partial charge < -0.3 is 14.2 Å². The van der Waals surface area contributed by atoms with Gasteiger partial charge in [-0.1, -0.05) is 24.3 Å². The summed E-state index contributed by atoms with van der Waals surface area (Å²) in [5.41, 5.74) is 1.82. The minimum atomic E-state index is -0.375. The third-order valence-corrected chi connectivity index (χ3v) is 2.75. The molecule has 0 unspecified atom stereocenters. The van der Waals surface area contributed by atoms with E-state index in [-0.39, 0.29) is 18.4 Å². The first kappa shape index (κ1) is 17.9. The molecular formula is C17H22O5. The van der Waals surface area contributed by atoms with Crippen LogP contribution < -0.4 is 0 Å². The third kappa shape index (κ3) is 7.04. The van der Waals surface area contributed by atoms with Gasteiger partial charge >= 0.3 is 11.9 Å². The average Bonchev–Trinajstić information content (AvgIpc) is 2.51. The van der Waals surface area contributed by atoms with E-state index in [9.17, 15) is 9.59 Å². The highest BCUT2D eigenvalue weighted by atomic mass is 16.5. The molecule has 22 heavy (non-hydrogen) atoms. The Labute approximate surface area is 130 Å². The van der Waals surface area contributed by atoms with Crippen molar-refractivity contribution >= 4 is 18.0 Å². The van der Waals surface area contributed by atoms with Gasteiger partial charge in [0.05, 0.1) is 32.8 Å². The molecule has 0 spiro atoms. The Hall–Kier alpha value is -2.14. The van der Waals surface area contributed by atoms with E-state index < -0.39 is 0 Å². The van der Waals surface area contributed by atoms with Crippen molar-refractivity contribution in [3.05, 3.63) is 41.5 Å². The molecule has 1 aromatic carbocycles. The van der Waals surface area contributed by atoms with Gasteiger partial charge in [-0.3, -0.25) is 4.79 Å². The summed E-state index contributed by atoms with van der Waals surface area (Å²) in [6.45, 7) is 4.92. The quantitative estimate of drug-likeness (QED) is 0.399. The highest BCUT2D eigenvalue weighted by Crippen LogP contribution is 2.12. The molecule has 0 aliphatic rings. The molecule has 0 radical (unpaired) electrons. The molecule has 0 heterocycles. The van der Waals surface area contributed by atoms with Crippen LogP contribution in [0.1, 0.15) is 31.4 Å². The Balaban J connectivity index is 2.50. The van der Waals surface area contributed by atoms with Gasteiger partial charge in [0.25, 0.3) is 0 Å². The Morgan fingerprint density at radius 1 is 1.09 bits per heavy atom. The standard InChI is InChI=1S/C17H22O5/c1-3-21-16(18)10-9-14-7-5-6-8-15(14)13-20-12-11-17(19)22-4-2/h5-10H,3-4,11-13H2,1-2H3/b10-9+. The van der Waals surface area contributed by atoms with Crippen LogP contribution in [0.2, 0.25) is 0 Å². The lowest BCUT2D eigenvalue weighted by Gasteiger charge is -2.07. The summed E-state index contributed by atoms with van der Waals surface area (Å²) in [5, 5.41) is 0. The minimum Gasteiger partial charge on any atom is -0.466 e. The molecule has 0 saturated heterocycles. The lowest BCUT2D eigenvalue weighted by molar-refractivity contribution is -0.144. The molecule has 120 valence electrons. The van der Waals surface area contributed by atoms with E-state index >= 15 is 0 Å². The zero-order chi connectivity index (χ0) is 16.2. The minimum absolute atomic E-state index is 0.231. The molecule has 0 bridgehead atoms. The fraction of sp³-hybridized carbons (Fsp3) is 0.412. The monoisotopic (exact) mass is 306 g/mol. The Kier molecular flexibility index (Phi) is 8.60. The summed E-state index contributed by atoms with van der Waals surface area (Å²) in [5.74, 6) is -0.640. The number of esters is 2. The van der Waals surface area contributed by atoms with Crippen LogP contribution in [0.15, 0.2) is 30.3 Å². The van der Waals surface area contributed by atoms with E-state index in [1.54, 1.807) is 19.9 Å². The van der Waals surface area contributed by atoms with Gasteiger partial charge in [-0.2, -0.15) is 0 Å². The molecule has 1 aromatic rings. The highest BCUT2D eigenvalue weighted by Gasteiger charge is 2.03. The Morgan fingerprint density at radius 2 is 1.82 bits per heavy atom. The van der Waals surface area contributed by atoms with E-state index in [1.807, 2.05) is 24.3 Å². The van der Waals surface area contributed by atoms with E-state index in [1.165, 1.54) is 6.08 Å². The predicted molar refractivity (Wildman–Crippen MR) is 83.0 cm³/mol. The van der Waals surface area contributed by atoms with Gasteiger partial charge in [-0.15, -0.1) is 0 Å². The van der Waals surface area contributed by atoms with Crippen LogP contribution in [0.4, 0.5) is 0 Å². The molecular weight excluding hydrogens is 284 g/mol. The largest absolute Gasteiger partial charge is 0.466 e.